The fourth-order valence-corrected chi connectivity index (χ4v) is 6.75. The van der Waals surface area contributed by atoms with Crippen molar-refractivity contribution in [3.8, 4) is 0 Å². The maximum atomic E-state index is 12.9. The van der Waals surface area contributed by atoms with Gasteiger partial charge in [-0.2, -0.15) is 0 Å². The van der Waals surface area contributed by atoms with Crippen molar-refractivity contribution < 1.29 is 22.7 Å². The molecule has 2 N–H and O–H groups in total. The number of ether oxygens (including phenoxy) is 1. The van der Waals surface area contributed by atoms with Crippen molar-refractivity contribution in [3.05, 3.63) is 39.9 Å². The number of carbonyl (C=O) groups is 2. The van der Waals surface area contributed by atoms with E-state index >= 15 is 0 Å². The number of nitrogens with one attached hydrogen (secondary N) is 2. The Morgan fingerprint density at radius 3 is 2.52 bits per heavy atom. The molecule has 1 aliphatic heterocycles. The fourth-order valence-electron chi connectivity index (χ4n) is 2.76. The second-order valence-electron chi connectivity index (χ2n) is 6.04. The zero-order valence-corrected chi connectivity index (χ0v) is 16.9. The molecule has 0 bridgehead atoms. The summed E-state index contributed by atoms with van der Waals surface area (Å²) in [7, 11) is -3.66. The van der Waals surface area contributed by atoms with Crippen LogP contribution in [0.25, 0.3) is 0 Å². The van der Waals surface area contributed by atoms with Gasteiger partial charge >= 0.3 is 11.8 Å². The molecule has 0 spiro atoms. The smallest absolute Gasteiger partial charge is 0.309 e. The number of sulfone groups is 1. The minimum Gasteiger partial charge on any atom is -0.376 e. The maximum absolute atomic E-state index is 12.9. The van der Waals surface area contributed by atoms with Crippen molar-refractivity contribution in [2.75, 3.05) is 19.7 Å². The Balaban J connectivity index is 1.63. The highest BCUT2D eigenvalue weighted by molar-refractivity contribution is 7.93. The van der Waals surface area contributed by atoms with Crippen LogP contribution < -0.4 is 10.6 Å². The van der Waals surface area contributed by atoms with Gasteiger partial charge in [-0.05, 0) is 35.7 Å². The molecule has 2 amide bonds. The molecule has 7 nitrogen and oxygen atoms in total. The third kappa shape index (κ3) is 4.95. The van der Waals surface area contributed by atoms with Gasteiger partial charge in [0.05, 0.1) is 6.10 Å². The molecule has 1 fully saturated rings. The zero-order chi connectivity index (χ0) is 19.3. The van der Waals surface area contributed by atoms with E-state index in [-0.39, 0.29) is 23.4 Å². The van der Waals surface area contributed by atoms with E-state index in [4.69, 9.17) is 4.74 Å². The van der Waals surface area contributed by atoms with E-state index in [2.05, 4.69) is 10.6 Å². The van der Waals surface area contributed by atoms with Gasteiger partial charge in [0, 0.05) is 24.6 Å². The van der Waals surface area contributed by atoms with Crippen molar-refractivity contribution >= 4 is 44.3 Å². The van der Waals surface area contributed by atoms with Crippen molar-refractivity contribution in [3.63, 3.8) is 0 Å². The Bertz CT molecular complexity index is 857. The van der Waals surface area contributed by atoms with Gasteiger partial charge in [0.1, 0.15) is 9.46 Å². The molecule has 10 heteroatoms. The second-order valence-corrected chi connectivity index (χ2v) is 10.3. The SMILES string of the molecule is O=C(NCC1CCCO1)C(=O)NCC(c1cccs1)S(=O)(=O)c1cccs1. The van der Waals surface area contributed by atoms with Gasteiger partial charge in [-0.1, -0.05) is 12.1 Å². The van der Waals surface area contributed by atoms with Crippen LogP contribution in [0, 0.1) is 0 Å². The number of hydrogen-bond donors (Lipinski definition) is 2. The van der Waals surface area contributed by atoms with Crippen LogP contribution in [0.1, 0.15) is 23.0 Å². The lowest BCUT2D eigenvalue weighted by Crippen LogP contribution is -2.44. The summed E-state index contributed by atoms with van der Waals surface area (Å²) in [6, 6.07) is 6.67. The predicted molar refractivity (Wildman–Crippen MR) is 104 cm³/mol. The molecule has 3 heterocycles. The Morgan fingerprint density at radius 2 is 1.89 bits per heavy atom. The lowest BCUT2D eigenvalue weighted by Gasteiger charge is -2.16. The Morgan fingerprint density at radius 1 is 1.15 bits per heavy atom. The van der Waals surface area contributed by atoms with Crippen LogP contribution in [0.15, 0.2) is 39.2 Å². The molecule has 2 atom stereocenters. The number of carbonyl (C=O) groups excluding carboxylic acids is 2. The Labute approximate surface area is 165 Å². The molecular formula is C17H20N2O5S3. The lowest BCUT2D eigenvalue weighted by atomic mass is 10.2. The number of hydrogen-bond acceptors (Lipinski definition) is 7. The molecule has 0 radical (unpaired) electrons. The molecule has 2 aromatic rings. The van der Waals surface area contributed by atoms with Crippen molar-refractivity contribution in [1.29, 1.82) is 0 Å². The molecule has 1 aliphatic rings. The first-order valence-corrected chi connectivity index (χ1v) is 11.8. The standard InChI is InChI=1S/C17H20N2O5S3/c20-16(18-10-12-4-1-7-24-12)17(21)19-11-14(13-5-2-8-25-13)27(22,23)15-6-3-9-26-15/h2-3,5-6,8-9,12,14H,1,4,7,10-11H2,(H,18,20)(H,19,21). The van der Waals surface area contributed by atoms with Crippen molar-refractivity contribution in [2.45, 2.75) is 28.4 Å². The molecule has 0 aliphatic carbocycles. The molecule has 1 saturated heterocycles. The average molecular weight is 429 g/mol. The van der Waals surface area contributed by atoms with Crippen LogP contribution in [0.4, 0.5) is 0 Å². The van der Waals surface area contributed by atoms with Crippen molar-refractivity contribution in [2.24, 2.45) is 0 Å². The highest BCUT2D eigenvalue weighted by Gasteiger charge is 2.32. The summed E-state index contributed by atoms with van der Waals surface area (Å²) in [6.07, 6.45) is 1.72. The van der Waals surface area contributed by atoms with Crippen LogP contribution in [0.3, 0.4) is 0 Å². The number of thiophene rings is 2. The lowest BCUT2D eigenvalue weighted by molar-refractivity contribution is -0.139. The first-order valence-electron chi connectivity index (χ1n) is 8.47. The van der Waals surface area contributed by atoms with Gasteiger partial charge < -0.3 is 15.4 Å². The molecule has 0 aromatic carbocycles. The van der Waals surface area contributed by atoms with E-state index in [1.807, 2.05) is 0 Å². The van der Waals surface area contributed by atoms with Gasteiger partial charge in [0.25, 0.3) is 0 Å². The van der Waals surface area contributed by atoms with Gasteiger partial charge in [-0.3, -0.25) is 9.59 Å². The summed E-state index contributed by atoms with van der Waals surface area (Å²) in [5, 5.41) is 7.51. The number of rotatable bonds is 7. The topological polar surface area (TPSA) is 102 Å². The second kappa shape index (κ2) is 8.96. The minimum atomic E-state index is -3.66. The highest BCUT2D eigenvalue weighted by Crippen LogP contribution is 2.33. The number of amides is 2. The van der Waals surface area contributed by atoms with Crippen LogP contribution in [0.2, 0.25) is 0 Å². The van der Waals surface area contributed by atoms with Crippen LogP contribution in [0.5, 0.6) is 0 Å². The normalized spacial score (nSPS) is 18.1. The zero-order valence-electron chi connectivity index (χ0n) is 14.4. The van der Waals surface area contributed by atoms with E-state index in [9.17, 15) is 18.0 Å². The van der Waals surface area contributed by atoms with Crippen LogP contribution in [-0.4, -0.2) is 46.0 Å². The van der Waals surface area contributed by atoms with E-state index in [1.54, 1.807) is 29.0 Å². The fraction of sp³-hybridized carbons (Fsp3) is 0.412. The van der Waals surface area contributed by atoms with Gasteiger partial charge in [-0.25, -0.2) is 8.42 Å². The monoisotopic (exact) mass is 428 g/mol. The molecule has 0 saturated carbocycles. The largest absolute Gasteiger partial charge is 0.376 e. The third-order valence-electron chi connectivity index (χ3n) is 4.18. The summed E-state index contributed by atoms with van der Waals surface area (Å²) < 4.78 is 31.5. The summed E-state index contributed by atoms with van der Waals surface area (Å²) in [6.45, 7) is 0.761. The van der Waals surface area contributed by atoms with Gasteiger partial charge in [0.15, 0.2) is 9.84 Å². The van der Waals surface area contributed by atoms with Crippen LogP contribution in [-0.2, 0) is 24.2 Å². The van der Waals surface area contributed by atoms with Gasteiger partial charge in [-0.15, -0.1) is 22.7 Å². The van der Waals surface area contributed by atoms with E-state index in [1.165, 1.54) is 17.4 Å². The summed E-state index contributed by atoms with van der Waals surface area (Å²) in [5.41, 5.74) is 0. The van der Waals surface area contributed by atoms with Crippen molar-refractivity contribution in [1.82, 2.24) is 10.6 Å². The van der Waals surface area contributed by atoms with E-state index in [0.717, 1.165) is 24.2 Å². The average Bonchev–Trinajstić information content (AvgIpc) is 3.42. The van der Waals surface area contributed by atoms with E-state index in [0.29, 0.717) is 11.5 Å². The molecule has 2 aromatic heterocycles. The van der Waals surface area contributed by atoms with E-state index < -0.39 is 26.9 Å². The molecule has 3 rings (SSSR count). The quantitative estimate of drug-likeness (QED) is 0.654. The summed E-state index contributed by atoms with van der Waals surface area (Å²) >= 11 is 2.43. The maximum Gasteiger partial charge on any atom is 0.309 e. The molecule has 27 heavy (non-hydrogen) atoms. The van der Waals surface area contributed by atoms with Crippen LogP contribution >= 0.6 is 22.7 Å². The molecular weight excluding hydrogens is 408 g/mol. The summed E-state index contributed by atoms with van der Waals surface area (Å²) in [5.74, 6) is -1.64. The first-order chi connectivity index (χ1) is 13.0. The summed E-state index contributed by atoms with van der Waals surface area (Å²) in [4.78, 5) is 24.7. The third-order valence-corrected chi connectivity index (χ3v) is 8.83. The predicted octanol–water partition coefficient (Wildman–Crippen LogP) is 1.74. The van der Waals surface area contributed by atoms with Gasteiger partial charge in [0.2, 0.25) is 0 Å². The molecule has 146 valence electrons. The minimum absolute atomic E-state index is 0.0696. The first kappa shape index (κ1) is 20.0. The Hall–Kier alpha value is -1.75. The highest BCUT2D eigenvalue weighted by atomic mass is 32.2. The Kier molecular flexibility index (Phi) is 6.64. The molecule has 2 unspecified atom stereocenters.